The highest BCUT2D eigenvalue weighted by Gasteiger charge is 2.89. The lowest BCUT2D eigenvalue weighted by Crippen LogP contribution is -2.89. The molecule has 0 aromatic carbocycles. The molecule has 1 heterocycles. The third kappa shape index (κ3) is 1.62. The van der Waals surface area contributed by atoms with Crippen molar-refractivity contribution in [3.05, 3.63) is 24.3 Å². The lowest BCUT2D eigenvalue weighted by atomic mass is 9.20. The van der Waals surface area contributed by atoms with Crippen LogP contribution in [0.1, 0.15) is 61.3 Å². The summed E-state index contributed by atoms with van der Waals surface area (Å²) in [6.07, 6.45) is 4.60. The number of Topliss-reactive ketones (excluding diaryl/α,β-unsaturated/α-hetero) is 2. The first-order valence-corrected chi connectivity index (χ1v) is 10.0. The molecule has 1 spiro atoms. The Balaban J connectivity index is 2.08. The highest BCUT2D eigenvalue weighted by molar-refractivity contribution is 5.99. The Morgan fingerprint density at radius 3 is 2.26 bits per heavy atom. The van der Waals surface area contributed by atoms with Crippen LogP contribution in [0.15, 0.2) is 24.3 Å². The van der Waals surface area contributed by atoms with Crippen molar-refractivity contribution in [2.75, 3.05) is 0 Å². The predicted octanol–water partition coefficient (Wildman–Crippen LogP) is 3.59. The summed E-state index contributed by atoms with van der Waals surface area (Å²) in [6, 6.07) is -0.420. The quantitative estimate of drug-likeness (QED) is 0.715. The van der Waals surface area contributed by atoms with Gasteiger partial charge < -0.3 is 10.5 Å². The SMILES string of the molecule is C=C[C@@]1(C)CC(=O)[C@@]23C(C)(C)[C@H]4C(=O)CC(C)(C)C(=C[C@H](N)[C@@]2(C)O1)[C@]43C. The summed E-state index contributed by atoms with van der Waals surface area (Å²) in [5, 5.41) is 0. The van der Waals surface area contributed by atoms with Gasteiger partial charge in [0.05, 0.1) is 22.7 Å². The van der Waals surface area contributed by atoms with E-state index in [1.807, 2.05) is 13.8 Å². The average Bonchev–Trinajstić information content (AvgIpc) is 2.47. The van der Waals surface area contributed by atoms with Crippen LogP contribution in [-0.2, 0) is 14.3 Å². The second-order valence-electron chi connectivity index (χ2n) is 11.1. The number of ketones is 2. The minimum atomic E-state index is -0.892. The van der Waals surface area contributed by atoms with E-state index in [-0.39, 0.29) is 29.3 Å². The van der Waals surface area contributed by atoms with Crippen molar-refractivity contribution >= 4 is 11.6 Å². The summed E-state index contributed by atoms with van der Waals surface area (Å²) in [5.41, 5.74) is 4.08. The maximum atomic E-state index is 14.0. The molecule has 4 aliphatic rings. The molecule has 6 atom stereocenters. The first-order chi connectivity index (χ1) is 12.2. The van der Waals surface area contributed by atoms with Gasteiger partial charge in [-0.25, -0.2) is 0 Å². The predicted molar refractivity (Wildman–Crippen MR) is 105 cm³/mol. The summed E-state index contributed by atoms with van der Waals surface area (Å²) < 4.78 is 6.67. The Kier molecular flexibility index (Phi) is 3.29. The number of carbonyl (C=O) groups is 2. The van der Waals surface area contributed by atoms with E-state index in [1.165, 1.54) is 5.57 Å². The third-order valence-electron chi connectivity index (χ3n) is 8.81. The molecule has 0 aromatic rings. The normalized spacial score (nSPS) is 52.2. The van der Waals surface area contributed by atoms with Crippen LogP contribution in [0.25, 0.3) is 0 Å². The number of ether oxygens (including phenoxy) is 1. The van der Waals surface area contributed by atoms with Crippen LogP contribution >= 0.6 is 0 Å². The van der Waals surface area contributed by atoms with E-state index in [1.54, 1.807) is 6.08 Å². The molecule has 4 rings (SSSR count). The fourth-order valence-corrected chi connectivity index (χ4v) is 8.46. The van der Waals surface area contributed by atoms with Crippen LogP contribution < -0.4 is 5.73 Å². The Labute approximate surface area is 162 Å². The van der Waals surface area contributed by atoms with E-state index in [9.17, 15) is 9.59 Å². The monoisotopic (exact) mass is 371 g/mol. The van der Waals surface area contributed by atoms with Crippen molar-refractivity contribution in [3.63, 3.8) is 0 Å². The van der Waals surface area contributed by atoms with Gasteiger partial charge in [-0.2, -0.15) is 0 Å². The molecule has 3 aliphatic carbocycles. The molecule has 2 saturated carbocycles. The summed E-state index contributed by atoms with van der Waals surface area (Å²) in [7, 11) is 0. The first-order valence-electron chi connectivity index (χ1n) is 10.0. The number of nitrogens with two attached hydrogens (primary N) is 1. The lowest BCUT2D eigenvalue weighted by Gasteiger charge is -2.83. The van der Waals surface area contributed by atoms with Gasteiger partial charge in [-0.1, -0.05) is 52.3 Å². The Hall–Kier alpha value is -1.26. The molecule has 3 fully saturated rings. The number of hydrogen-bond donors (Lipinski definition) is 1. The molecule has 1 aliphatic heterocycles. The lowest BCUT2D eigenvalue weighted by molar-refractivity contribution is -0.342. The van der Waals surface area contributed by atoms with Gasteiger partial charge in [0.25, 0.3) is 0 Å². The smallest absolute Gasteiger partial charge is 0.146 e. The van der Waals surface area contributed by atoms with Crippen LogP contribution in [0.4, 0.5) is 0 Å². The molecule has 2 N–H and O–H groups in total. The molecular formula is C23H33NO3. The topological polar surface area (TPSA) is 69.4 Å². The maximum Gasteiger partial charge on any atom is 0.146 e. The molecule has 4 heteroatoms. The average molecular weight is 372 g/mol. The second kappa shape index (κ2) is 4.65. The van der Waals surface area contributed by atoms with Crippen LogP contribution in [0.3, 0.4) is 0 Å². The van der Waals surface area contributed by atoms with Gasteiger partial charge in [0.2, 0.25) is 0 Å². The molecule has 27 heavy (non-hydrogen) atoms. The van der Waals surface area contributed by atoms with Crippen molar-refractivity contribution in [2.45, 2.75) is 78.6 Å². The molecule has 0 radical (unpaired) electrons. The van der Waals surface area contributed by atoms with Gasteiger partial charge in [0.1, 0.15) is 11.6 Å². The Morgan fingerprint density at radius 1 is 1.11 bits per heavy atom. The van der Waals surface area contributed by atoms with E-state index in [0.717, 1.165) is 0 Å². The minimum Gasteiger partial charge on any atom is -0.362 e. The van der Waals surface area contributed by atoms with Crippen molar-refractivity contribution in [1.29, 1.82) is 0 Å². The second-order valence-corrected chi connectivity index (χ2v) is 11.1. The Morgan fingerprint density at radius 2 is 1.70 bits per heavy atom. The van der Waals surface area contributed by atoms with Crippen molar-refractivity contribution in [1.82, 2.24) is 0 Å². The number of rotatable bonds is 1. The summed E-state index contributed by atoms with van der Waals surface area (Å²) in [6.45, 7) is 18.3. The highest BCUT2D eigenvalue weighted by atomic mass is 16.5. The number of allylic oxidation sites excluding steroid dienone is 1. The number of carbonyl (C=O) groups excluding carboxylic acids is 2. The Bertz CT molecular complexity index is 823. The zero-order valence-corrected chi connectivity index (χ0v) is 17.7. The molecule has 148 valence electrons. The van der Waals surface area contributed by atoms with E-state index < -0.39 is 33.5 Å². The zero-order chi connectivity index (χ0) is 20.4. The molecular weight excluding hydrogens is 338 g/mol. The van der Waals surface area contributed by atoms with E-state index in [4.69, 9.17) is 10.5 Å². The van der Waals surface area contributed by atoms with Gasteiger partial charge in [0.15, 0.2) is 0 Å². The van der Waals surface area contributed by atoms with E-state index in [2.05, 4.69) is 47.3 Å². The molecule has 1 saturated heterocycles. The van der Waals surface area contributed by atoms with Gasteiger partial charge in [-0.3, -0.25) is 9.59 Å². The molecule has 0 unspecified atom stereocenters. The fraction of sp³-hybridized carbons (Fsp3) is 0.739. The van der Waals surface area contributed by atoms with Crippen LogP contribution in [-0.4, -0.2) is 28.8 Å². The van der Waals surface area contributed by atoms with Gasteiger partial charge in [0, 0.05) is 24.2 Å². The van der Waals surface area contributed by atoms with E-state index in [0.29, 0.717) is 6.42 Å². The third-order valence-corrected chi connectivity index (χ3v) is 8.81. The molecule has 4 nitrogen and oxygen atoms in total. The standard InChI is InChI=1S/C23H33NO3/c1-9-20(6)12-16(26)23-19(4,5)17-13(25)11-18(2,3)14(21(17,23)7)10-15(24)22(23,8)27-20/h9-10,15,17H,1,11-12,24H2,2-8H3/t15-,17+,20-,21+,22+,23-/m0/s1. The van der Waals surface area contributed by atoms with Gasteiger partial charge >= 0.3 is 0 Å². The molecule has 0 aromatic heterocycles. The zero-order valence-electron chi connectivity index (χ0n) is 17.7. The summed E-state index contributed by atoms with van der Waals surface area (Å²) in [5.74, 6) is 0.239. The van der Waals surface area contributed by atoms with Gasteiger partial charge in [-0.15, -0.1) is 6.58 Å². The molecule has 0 amide bonds. The minimum absolute atomic E-state index is 0.161. The van der Waals surface area contributed by atoms with Crippen LogP contribution in [0.5, 0.6) is 0 Å². The maximum absolute atomic E-state index is 14.0. The highest BCUT2D eigenvalue weighted by Crippen LogP contribution is 2.84. The summed E-state index contributed by atoms with van der Waals surface area (Å²) >= 11 is 0. The van der Waals surface area contributed by atoms with Crippen LogP contribution in [0.2, 0.25) is 0 Å². The van der Waals surface area contributed by atoms with E-state index >= 15 is 0 Å². The van der Waals surface area contributed by atoms with Crippen LogP contribution in [0, 0.1) is 27.6 Å². The first kappa shape index (κ1) is 19.1. The number of hydrogen-bond acceptors (Lipinski definition) is 4. The van der Waals surface area contributed by atoms with Crippen molar-refractivity contribution in [2.24, 2.45) is 33.3 Å². The van der Waals surface area contributed by atoms with Crippen molar-refractivity contribution in [3.8, 4) is 0 Å². The van der Waals surface area contributed by atoms with Crippen molar-refractivity contribution < 1.29 is 14.3 Å². The van der Waals surface area contributed by atoms with Gasteiger partial charge in [-0.05, 0) is 24.7 Å². The largest absolute Gasteiger partial charge is 0.362 e. The fourth-order valence-electron chi connectivity index (χ4n) is 8.46. The summed E-state index contributed by atoms with van der Waals surface area (Å²) in [4.78, 5) is 27.2. The molecule has 0 bridgehead atoms.